The highest BCUT2D eigenvalue weighted by Crippen LogP contribution is 2.31. The maximum Gasteiger partial charge on any atom is 0.273 e. The maximum atomic E-state index is 13.3. The Bertz CT molecular complexity index is 1330. The molecule has 0 bridgehead atoms. The SMILES string of the molecule is CCc1cc2cccc(Cl)c2c(C(=O)N2CCC(F)(F)CC2)n1.Nc1ncnc2cccnc12. The van der Waals surface area contributed by atoms with Crippen molar-refractivity contribution >= 4 is 45.1 Å². The molecular weight excluding hydrogens is 462 g/mol. The Labute approximate surface area is 200 Å². The molecule has 10 heteroatoms. The summed E-state index contributed by atoms with van der Waals surface area (Å²) in [4.78, 5) is 30.5. The summed E-state index contributed by atoms with van der Waals surface area (Å²) in [6, 6.07) is 11.0. The first-order chi connectivity index (χ1) is 16.3. The van der Waals surface area contributed by atoms with Gasteiger partial charge in [0.25, 0.3) is 11.8 Å². The minimum absolute atomic E-state index is 0.0375. The number of hydrogen-bond donors (Lipinski definition) is 1. The van der Waals surface area contributed by atoms with Crippen molar-refractivity contribution in [2.24, 2.45) is 0 Å². The molecule has 1 aliphatic rings. The van der Waals surface area contributed by atoms with E-state index in [1.807, 2.05) is 37.3 Å². The van der Waals surface area contributed by atoms with Crippen molar-refractivity contribution in [1.82, 2.24) is 24.8 Å². The quantitative estimate of drug-likeness (QED) is 0.433. The molecule has 1 amide bonds. The van der Waals surface area contributed by atoms with Crippen LogP contribution in [-0.2, 0) is 6.42 Å². The van der Waals surface area contributed by atoms with E-state index in [0.29, 0.717) is 28.2 Å². The first-order valence-electron chi connectivity index (χ1n) is 10.9. The smallest absolute Gasteiger partial charge is 0.273 e. The van der Waals surface area contributed by atoms with Crippen molar-refractivity contribution in [3.05, 3.63) is 65.3 Å². The van der Waals surface area contributed by atoms with Gasteiger partial charge in [0.05, 0.1) is 10.5 Å². The van der Waals surface area contributed by atoms with E-state index in [-0.39, 0.29) is 37.5 Å². The molecular formula is C24H23ClF2N6O. The van der Waals surface area contributed by atoms with Crippen molar-refractivity contribution in [3.8, 4) is 0 Å². The predicted octanol–water partition coefficient (Wildman–Crippen LogP) is 4.93. The van der Waals surface area contributed by atoms with Gasteiger partial charge in [0.1, 0.15) is 17.5 Å². The molecule has 0 radical (unpaired) electrons. The van der Waals surface area contributed by atoms with Gasteiger partial charge in [0.15, 0.2) is 5.82 Å². The normalized spacial score (nSPS) is 15.1. The van der Waals surface area contributed by atoms with Crippen molar-refractivity contribution in [2.75, 3.05) is 18.8 Å². The lowest BCUT2D eigenvalue weighted by Gasteiger charge is -2.31. The molecule has 1 saturated heterocycles. The maximum absolute atomic E-state index is 13.3. The number of carbonyl (C=O) groups is 1. The van der Waals surface area contributed by atoms with Gasteiger partial charge in [-0.25, -0.2) is 23.7 Å². The summed E-state index contributed by atoms with van der Waals surface area (Å²) < 4.78 is 26.6. The monoisotopic (exact) mass is 484 g/mol. The number of piperidine rings is 1. The summed E-state index contributed by atoms with van der Waals surface area (Å²) in [5.74, 6) is -2.58. The summed E-state index contributed by atoms with van der Waals surface area (Å²) in [7, 11) is 0. The number of nitrogens with zero attached hydrogens (tertiary/aromatic N) is 5. The Morgan fingerprint density at radius 2 is 1.91 bits per heavy atom. The van der Waals surface area contributed by atoms with Crippen LogP contribution in [0.1, 0.15) is 35.9 Å². The topological polar surface area (TPSA) is 97.9 Å². The van der Waals surface area contributed by atoms with Gasteiger partial charge in [0.2, 0.25) is 0 Å². The Hall–Kier alpha value is -3.46. The lowest BCUT2D eigenvalue weighted by atomic mass is 10.0. The molecule has 4 aromatic rings. The second-order valence-electron chi connectivity index (χ2n) is 7.93. The van der Waals surface area contributed by atoms with E-state index >= 15 is 0 Å². The van der Waals surface area contributed by atoms with Crippen LogP contribution in [0.5, 0.6) is 0 Å². The highest BCUT2D eigenvalue weighted by atomic mass is 35.5. The van der Waals surface area contributed by atoms with E-state index in [9.17, 15) is 13.6 Å². The number of rotatable bonds is 2. The number of nitrogen functional groups attached to an aromatic ring is 1. The largest absolute Gasteiger partial charge is 0.382 e. The van der Waals surface area contributed by atoms with Crippen LogP contribution in [0.25, 0.3) is 21.8 Å². The Balaban J connectivity index is 0.000000207. The number of pyridine rings is 2. The predicted molar refractivity (Wildman–Crippen MR) is 128 cm³/mol. The summed E-state index contributed by atoms with van der Waals surface area (Å²) in [6.45, 7) is 2.03. The Morgan fingerprint density at radius 3 is 2.62 bits per heavy atom. The van der Waals surface area contributed by atoms with E-state index in [1.54, 1.807) is 12.3 Å². The van der Waals surface area contributed by atoms with Crippen LogP contribution < -0.4 is 5.73 Å². The molecule has 1 fully saturated rings. The number of fused-ring (bicyclic) bond motifs is 2. The van der Waals surface area contributed by atoms with Crippen LogP contribution in [0, 0.1) is 0 Å². The fraction of sp³-hybridized carbons (Fsp3) is 0.292. The van der Waals surface area contributed by atoms with Crippen LogP contribution in [0.3, 0.4) is 0 Å². The molecule has 2 N–H and O–H groups in total. The minimum Gasteiger partial charge on any atom is -0.382 e. The number of aromatic nitrogens is 4. The summed E-state index contributed by atoms with van der Waals surface area (Å²) >= 11 is 6.26. The fourth-order valence-corrected chi connectivity index (χ4v) is 4.03. The van der Waals surface area contributed by atoms with Crippen molar-refractivity contribution in [3.63, 3.8) is 0 Å². The van der Waals surface area contributed by atoms with Gasteiger partial charge >= 0.3 is 0 Å². The molecule has 3 aromatic heterocycles. The number of alkyl halides is 2. The minimum atomic E-state index is -2.69. The number of aryl methyl sites for hydroxylation is 1. The number of halogens is 3. The molecule has 1 aromatic carbocycles. The van der Waals surface area contributed by atoms with E-state index < -0.39 is 5.92 Å². The molecule has 4 heterocycles. The van der Waals surface area contributed by atoms with E-state index in [1.165, 1.54) is 11.2 Å². The zero-order chi connectivity index (χ0) is 24.3. The molecule has 5 rings (SSSR count). The third-order valence-electron chi connectivity index (χ3n) is 5.63. The highest BCUT2D eigenvalue weighted by Gasteiger charge is 2.36. The average Bonchev–Trinajstić information content (AvgIpc) is 2.84. The van der Waals surface area contributed by atoms with Crippen molar-refractivity contribution in [1.29, 1.82) is 0 Å². The molecule has 176 valence electrons. The fourth-order valence-electron chi connectivity index (χ4n) is 3.76. The first kappa shape index (κ1) is 23.7. The molecule has 1 aliphatic heterocycles. The number of carbonyl (C=O) groups excluding carboxylic acids is 1. The summed E-state index contributed by atoms with van der Waals surface area (Å²) in [6.07, 6.45) is 3.16. The second-order valence-corrected chi connectivity index (χ2v) is 8.34. The Morgan fingerprint density at radius 1 is 1.15 bits per heavy atom. The van der Waals surface area contributed by atoms with Crippen molar-refractivity contribution in [2.45, 2.75) is 32.1 Å². The van der Waals surface area contributed by atoms with E-state index in [0.717, 1.165) is 16.6 Å². The average molecular weight is 485 g/mol. The second kappa shape index (κ2) is 9.80. The zero-order valence-corrected chi connectivity index (χ0v) is 19.3. The number of likely N-dealkylation sites (tertiary alicyclic amines) is 1. The molecule has 34 heavy (non-hydrogen) atoms. The van der Waals surface area contributed by atoms with Gasteiger partial charge in [-0.3, -0.25) is 9.78 Å². The van der Waals surface area contributed by atoms with E-state index in [2.05, 4.69) is 19.9 Å². The molecule has 0 saturated carbocycles. The number of benzene rings is 1. The third-order valence-corrected chi connectivity index (χ3v) is 5.94. The van der Waals surface area contributed by atoms with Crippen LogP contribution in [-0.4, -0.2) is 49.8 Å². The first-order valence-corrected chi connectivity index (χ1v) is 11.2. The van der Waals surface area contributed by atoms with Crippen LogP contribution in [0.2, 0.25) is 5.02 Å². The molecule has 7 nitrogen and oxygen atoms in total. The van der Waals surface area contributed by atoms with Gasteiger partial charge in [-0.15, -0.1) is 0 Å². The van der Waals surface area contributed by atoms with Gasteiger partial charge in [-0.2, -0.15) is 0 Å². The molecule has 0 aliphatic carbocycles. The van der Waals surface area contributed by atoms with Crippen LogP contribution in [0.4, 0.5) is 14.6 Å². The number of nitrogens with two attached hydrogens (primary N) is 1. The summed E-state index contributed by atoms with van der Waals surface area (Å²) in [5, 5.41) is 1.88. The van der Waals surface area contributed by atoms with E-state index in [4.69, 9.17) is 17.3 Å². The molecule has 0 spiro atoms. The number of anilines is 1. The Kier molecular flexibility index (Phi) is 6.83. The van der Waals surface area contributed by atoms with Crippen molar-refractivity contribution < 1.29 is 13.6 Å². The molecule has 0 unspecified atom stereocenters. The standard InChI is InChI=1S/C17H17ClF2N2O.C7H6N4/c1-2-12-10-11-4-3-5-13(18)14(11)15(21-12)16(23)22-8-6-17(19,20)7-9-22;8-7-6-5(10-4-11-7)2-1-3-9-6/h3-5,10H,2,6-9H2,1H3;1-4H,(H2,8,10,11). The number of hydrogen-bond acceptors (Lipinski definition) is 6. The highest BCUT2D eigenvalue weighted by molar-refractivity contribution is 6.36. The lowest BCUT2D eigenvalue weighted by molar-refractivity contribution is -0.0494. The zero-order valence-electron chi connectivity index (χ0n) is 18.5. The molecule has 0 atom stereocenters. The van der Waals surface area contributed by atoms with Gasteiger partial charge < -0.3 is 10.6 Å². The number of amides is 1. The van der Waals surface area contributed by atoms with Crippen LogP contribution in [0.15, 0.2) is 48.9 Å². The third kappa shape index (κ3) is 5.04. The summed E-state index contributed by atoms with van der Waals surface area (Å²) in [5.41, 5.74) is 8.02. The van der Waals surface area contributed by atoms with Gasteiger partial charge in [-0.1, -0.05) is 30.7 Å². The van der Waals surface area contributed by atoms with Gasteiger partial charge in [-0.05, 0) is 36.1 Å². The van der Waals surface area contributed by atoms with Gasteiger partial charge in [0, 0.05) is 43.2 Å². The van der Waals surface area contributed by atoms with Crippen LogP contribution >= 0.6 is 11.6 Å². The lowest BCUT2D eigenvalue weighted by Crippen LogP contribution is -2.43.